The molecule has 2 heterocycles. The van der Waals surface area contributed by atoms with Gasteiger partial charge in [-0.3, -0.25) is 19.7 Å². The van der Waals surface area contributed by atoms with E-state index in [0.29, 0.717) is 5.56 Å². The van der Waals surface area contributed by atoms with E-state index in [1.165, 1.54) is 6.07 Å². The summed E-state index contributed by atoms with van der Waals surface area (Å²) in [6.45, 7) is 3.34. The standard InChI is InChI=1S/C21H24ClN3O7S/c1-13-10-17(14(2)23(13)3)19(26)12-32-21(27)15-6-8-24(9-7-15)33(30,31)20-11-16(25(28)29)4-5-18(20)22/h4-5,10-11,15H,6-9,12H2,1-3H3. The number of hydrogen-bond donors (Lipinski definition) is 0. The maximum atomic E-state index is 12.9. The predicted octanol–water partition coefficient (Wildman–Crippen LogP) is 3.03. The number of aryl methyl sites for hydroxylation is 1. The van der Waals surface area contributed by atoms with Crippen LogP contribution in [-0.4, -0.2) is 53.7 Å². The number of carbonyl (C=O) groups excluding carboxylic acids is 2. The minimum Gasteiger partial charge on any atom is -0.457 e. The number of halogens is 1. The van der Waals surface area contributed by atoms with E-state index in [2.05, 4.69) is 0 Å². The van der Waals surface area contributed by atoms with Gasteiger partial charge in [0.05, 0.1) is 15.9 Å². The first-order valence-corrected chi connectivity index (χ1v) is 12.0. The Morgan fingerprint density at radius 1 is 1.21 bits per heavy atom. The number of nitrogens with zero attached hydrogens (tertiary/aromatic N) is 3. The van der Waals surface area contributed by atoms with Crippen molar-refractivity contribution < 1.29 is 27.7 Å². The van der Waals surface area contributed by atoms with Gasteiger partial charge in [-0.2, -0.15) is 4.31 Å². The van der Waals surface area contributed by atoms with Crippen molar-refractivity contribution in [3.05, 3.63) is 56.4 Å². The number of ether oxygens (including phenoxy) is 1. The van der Waals surface area contributed by atoms with Crippen LogP contribution in [0.2, 0.25) is 5.02 Å². The summed E-state index contributed by atoms with van der Waals surface area (Å²) in [5.74, 6) is -1.41. The number of piperidine rings is 1. The van der Waals surface area contributed by atoms with Gasteiger partial charge >= 0.3 is 5.97 Å². The summed E-state index contributed by atoms with van der Waals surface area (Å²) in [6, 6.07) is 4.97. The molecule has 0 spiro atoms. The minimum atomic E-state index is -4.08. The molecule has 0 radical (unpaired) electrons. The minimum absolute atomic E-state index is 0.0199. The Bertz CT molecular complexity index is 1210. The number of ketones is 1. The van der Waals surface area contributed by atoms with Gasteiger partial charge in [-0.25, -0.2) is 8.42 Å². The zero-order chi connectivity index (χ0) is 24.5. The molecule has 1 fully saturated rings. The highest BCUT2D eigenvalue weighted by Crippen LogP contribution is 2.31. The Hall–Kier alpha value is -2.76. The second-order valence-electron chi connectivity index (χ2n) is 7.92. The van der Waals surface area contributed by atoms with E-state index in [4.69, 9.17) is 16.3 Å². The van der Waals surface area contributed by atoms with Crippen LogP contribution >= 0.6 is 11.6 Å². The van der Waals surface area contributed by atoms with E-state index >= 15 is 0 Å². The Labute approximate surface area is 196 Å². The lowest BCUT2D eigenvalue weighted by atomic mass is 9.98. The van der Waals surface area contributed by atoms with Crippen LogP contribution in [0.25, 0.3) is 0 Å². The molecule has 0 atom stereocenters. The molecule has 0 aliphatic carbocycles. The van der Waals surface area contributed by atoms with Gasteiger partial charge in [0.1, 0.15) is 4.90 Å². The molecule has 0 unspecified atom stereocenters. The molecule has 0 bridgehead atoms. The lowest BCUT2D eigenvalue weighted by Crippen LogP contribution is -2.40. The van der Waals surface area contributed by atoms with E-state index in [9.17, 15) is 28.1 Å². The van der Waals surface area contributed by atoms with Crippen molar-refractivity contribution >= 4 is 39.1 Å². The van der Waals surface area contributed by atoms with Gasteiger partial charge in [0.25, 0.3) is 5.69 Å². The van der Waals surface area contributed by atoms with Crippen LogP contribution in [0.3, 0.4) is 0 Å². The van der Waals surface area contributed by atoms with Crippen LogP contribution in [-0.2, 0) is 26.6 Å². The average Bonchev–Trinajstić information content (AvgIpc) is 3.04. The monoisotopic (exact) mass is 497 g/mol. The lowest BCUT2D eigenvalue weighted by Gasteiger charge is -2.30. The van der Waals surface area contributed by atoms with Crippen LogP contribution in [0.15, 0.2) is 29.2 Å². The van der Waals surface area contributed by atoms with Crippen LogP contribution in [0.5, 0.6) is 0 Å². The fraction of sp³-hybridized carbons (Fsp3) is 0.429. The van der Waals surface area contributed by atoms with Crippen LogP contribution in [0.1, 0.15) is 34.6 Å². The van der Waals surface area contributed by atoms with Gasteiger partial charge in [-0.15, -0.1) is 0 Å². The molecule has 1 aliphatic rings. The summed E-state index contributed by atoms with van der Waals surface area (Å²) in [5.41, 5.74) is 1.81. The van der Waals surface area contributed by atoms with Gasteiger partial charge in [0, 0.05) is 49.2 Å². The van der Waals surface area contributed by atoms with Crippen molar-refractivity contribution in [2.24, 2.45) is 13.0 Å². The van der Waals surface area contributed by atoms with Crippen LogP contribution < -0.4 is 0 Å². The van der Waals surface area contributed by atoms with Crippen LogP contribution in [0, 0.1) is 29.9 Å². The first-order chi connectivity index (χ1) is 15.4. The summed E-state index contributed by atoms with van der Waals surface area (Å²) in [6.07, 6.45) is 0.393. The molecule has 0 N–H and O–H groups in total. The number of benzene rings is 1. The number of Topliss-reactive ketones (excluding diaryl/α,β-unsaturated/α-hetero) is 1. The molecule has 0 saturated carbocycles. The summed E-state index contributed by atoms with van der Waals surface area (Å²) in [5, 5.41) is 10.9. The van der Waals surface area contributed by atoms with Crippen molar-refractivity contribution in [3.8, 4) is 0 Å². The second kappa shape index (κ2) is 9.62. The molecule has 1 aromatic carbocycles. The third kappa shape index (κ3) is 5.10. The molecule has 33 heavy (non-hydrogen) atoms. The Morgan fingerprint density at radius 2 is 1.85 bits per heavy atom. The molecule has 1 saturated heterocycles. The van der Waals surface area contributed by atoms with Gasteiger partial charge in [-0.05, 0) is 38.8 Å². The molecule has 10 nitrogen and oxygen atoms in total. The average molecular weight is 498 g/mol. The second-order valence-corrected chi connectivity index (χ2v) is 10.2. The zero-order valence-electron chi connectivity index (χ0n) is 18.4. The molecule has 0 amide bonds. The number of esters is 1. The number of nitro benzene ring substituents is 1. The number of rotatable bonds is 7. The van der Waals surface area contributed by atoms with Crippen LogP contribution in [0.4, 0.5) is 5.69 Å². The van der Waals surface area contributed by atoms with Gasteiger partial charge in [0.15, 0.2) is 6.61 Å². The molecule has 2 aromatic rings. The summed E-state index contributed by atoms with van der Waals surface area (Å²) < 4.78 is 34.1. The van der Waals surface area contributed by atoms with Gasteiger partial charge in [0.2, 0.25) is 15.8 Å². The first-order valence-electron chi connectivity index (χ1n) is 10.2. The zero-order valence-corrected chi connectivity index (χ0v) is 20.0. The van der Waals surface area contributed by atoms with Gasteiger partial charge in [-0.1, -0.05) is 11.6 Å². The van der Waals surface area contributed by atoms with E-state index in [0.717, 1.165) is 27.8 Å². The number of non-ortho nitro benzene ring substituents is 1. The highest BCUT2D eigenvalue weighted by atomic mass is 35.5. The summed E-state index contributed by atoms with van der Waals surface area (Å²) >= 11 is 5.99. The fourth-order valence-electron chi connectivity index (χ4n) is 3.74. The molecule has 178 valence electrons. The highest BCUT2D eigenvalue weighted by Gasteiger charge is 2.35. The molecular weight excluding hydrogens is 474 g/mol. The number of carbonyl (C=O) groups is 2. The van der Waals surface area contributed by atoms with Gasteiger partial charge < -0.3 is 9.30 Å². The fourth-order valence-corrected chi connectivity index (χ4v) is 5.71. The Balaban J connectivity index is 1.60. The maximum Gasteiger partial charge on any atom is 0.309 e. The van der Waals surface area contributed by atoms with Crippen molar-refractivity contribution in [1.82, 2.24) is 8.87 Å². The topological polar surface area (TPSA) is 129 Å². The van der Waals surface area contributed by atoms with E-state index in [1.807, 2.05) is 25.5 Å². The Morgan fingerprint density at radius 3 is 2.39 bits per heavy atom. The molecule has 3 rings (SSSR count). The quantitative estimate of drug-likeness (QED) is 0.249. The summed E-state index contributed by atoms with van der Waals surface area (Å²) in [4.78, 5) is 34.8. The van der Waals surface area contributed by atoms with E-state index in [1.54, 1.807) is 6.07 Å². The lowest BCUT2D eigenvalue weighted by molar-refractivity contribution is -0.385. The Kier molecular flexibility index (Phi) is 7.25. The van der Waals surface area contributed by atoms with Crippen molar-refractivity contribution in [2.45, 2.75) is 31.6 Å². The number of hydrogen-bond acceptors (Lipinski definition) is 7. The van der Waals surface area contributed by atoms with E-state index in [-0.39, 0.29) is 53.9 Å². The maximum absolute atomic E-state index is 12.9. The molecular formula is C21H24ClN3O7S. The third-order valence-electron chi connectivity index (χ3n) is 5.95. The number of sulfonamides is 1. The third-order valence-corrected chi connectivity index (χ3v) is 8.33. The predicted molar refractivity (Wildman–Crippen MR) is 120 cm³/mol. The number of aromatic nitrogens is 1. The van der Waals surface area contributed by atoms with Crippen molar-refractivity contribution in [2.75, 3.05) is 19.7 Å². The number of nitro groups is 1. The van der Waals surface area contributed by atoms with Crippen molar-refractivity contribution in [3.63, 3.8) is 0 Å². The molecule has 1 aliphatic heterocycles. The van der Waals surface area contributed by atoms with E-state index < -0.39 is 26.8 Å². The first kappa shape index (κ1) is 24.9. The van der Waals surface area contributed by atoms with Crippen molar-refractivity contribution in [1.29, 1.82) is 0 Å². The highest BCUT2D eigenvalue weighted by molar-refractivity contribution is 7.89. The largest absolute Gasteiger partial charge is 0.457 e. The normalized spacial score (nSPS) is 15.4. The SMILES string of the molecule is Cc1cc(C(=O)COC(=O)C2CCN(S(=O)(=O)c3cc([N+](=O)[O-])ccc3Cl)CC2)c(C)n1C. The molecule has 1 aromatic heterocycles. The summed E-state index contributed by atoms with van der Waals surface area (Å²) in [7, 11) is -2.23. The molecule has 12 heteroatoms. The smallest absolute Gasteiger partial charge is 0.309 e.